The van der Waals surface area contributed by atoms with Gasteiger partial charge in [0.2, 0.25) is 5.91 Å². The fourth-order valence-corrected chi connectivity index (χ4v) is 5.06. The number of halogens is 1. The van der Waals surface area contributed by atoms with E-state index in [4.69, 9.17) is 9.47 Å². The van der Waals surface area contributed by atoms with Gasteiger partial charge in [0.1, 0.15) is 22.9 Å². The molecule has 0 aromatic heterocycles. The van der Waals surface area contributed by atoms with Gasteiger partial charge in [-0.2, -0.15) is 0 Å². The van der Waals surface area contributed by atoms with Gasteiger partial charge in [-0.1, -0.05) is 6.07 Å². The molecule has 0 spiro atoms. The number of hydrogen-bond donors (Lipinski definition) is 1. The predicted molar refractivity (Wildman–Crippen MR) is 133 cm³/mol. The minimum absolute atomic E-state index is 0.0158. The molecule has 9 heteroatoms. The molecule has 0 heterocycles. The lowest BCUT2D eigenvalue weighted by molar-refractivity contribution is -0.114. The second-order valence-corrected chi connectivity index (χ2v) is 10.00. The quantitative estimate of drug-likeness (QED) is 0.408. The Bertz CT molecular complexity index is 1200. The molecular weight excluding hydrogens is 543 g/mol. The number of amides is 1. The largest absolute Gasteiger partial charge is 0.497 e. The van der Waals surface area contributed by atoms with Gasteiger partial charge in [0, 0.05) is 9.26 Å². The molecule has 3 aromatic carbocycles. The van der Waals surface area contributed by atoms with Crippen molar-refractivity contribution >= 4 is 49.9 Å². The normalized spacial score (nSPS) is 11.0. The first kappa shape index (κ1) is 23.9. The topological polar surface area (TPSA) is 84.9 Å². The Hall–Kier alpha value is -2.79. The van der Waals surface area contributed by atoms with Crippen LogP contribution in [0.1, 0.15) is 5.56 Å². The Morgan fingerprint density at radius 3 is 2.22 bits per heavy atom. The Labute approximate surface area is 201 Å². The molecule has 3 aromatic rings. The van der Waals surface area contributed by atoms with Gasteiger partial charge in [0.15, 0.2) is 0 Å². The van der Waals surface area contributed by atoms with Crippen molar-refractivity contribution in [1.82, 2.24) is 0 Å². The van der Waals surface area contributed by atoms with Crippen LogP contribution in [0.3, 0.4) is 0 Å². The third-order valence-electron chi connectivity index (χ3n) is 4.66. The van der Waals surface area contributed by atoms with E-state index in [0.717, 1.165) is 13.4 Å². The second kappa shape index (κ2) is 10.2. The molecule has 0 unspecified atom stereocenters. The van der Waals surface area contributed by atoms with Gasteiger partial charge >= 0.3 is 0 Å². The molecule has 3 rings (SSSR count). The lowest BCUT2D eigenvalue weighted by Crippen LogP contribution is -2.38. The number of sulfonamides is 1. The van der Waals surface area contributed by atoms with E-state index in [1.165, 1.54) is 20.3 Å². The highest BCUT2D eigenvalue weighted by Crippen LogP contribution is 2.31. The predicted octanol–water partition coefficient (Wildman–Crippen LogP) is 4.45. The fourth-order valence-electron chi connectivity index (χ4n) is 3.03. The number of nitrogens with one attached hydrogen (secondary N) is 1. The highest BCUT2D eigenvalue weighted by Gasteiger charge is 2.30. The molecule has 0 atom stereocenters. The molecule has 168 valence electrons. The van der Waals surface area contributed by atoms with Crippen LogP contribution in [0.4, 0.5) is 11.4 Å². The van der Waals surface area contributed by atoms with E-state index < -0.39 is 22.5 Å². The molecule has 0 aliphatic rings. The zero-order valence-electron chi connectivity index (χ0n) is 17.8. The summed E-state index contributed by atoms with van der Waals surface area (Å²) in [6.45, 7) is 1.37. The Balaban J connectivity index is 2.01. The SMILES string of the molecule is COc1ccc(N(CC(=O)Nc2ccc(I)cc2)S(=O)(=O)c2cc(C)ccc2OC)cc1. The van der Waals surface area contributed by atoms with Gasteiger partial charge in [-0.05, 0) is 95.7 Å². The minimum atomic E-state index is -4.13. The molecule has 32 heavy (non-hydrogen) atoms. The standard InChI is InChI=1S/C23H23IN2O5S/c1-16-4-13-21(31-3)22(14-16)32(28,29)26(19-9-11-20(30-2)12-10-19)15-23(27)25-18-7-5-17(24)6-8-18/h4-14H,15H2,1-3H3,(H,25,27). The average molecular weight is 566 g/mol. The zero-order valence-corrected chi connectivity index (χ0v) is 20.8. The van der Waals surface area contributed by atoms with Gasteiger partial charge in [-0.3, -0.25) is 9.10 Å². The van der Waals surface area contributed by atoms with Crippen molar-refractivity contribution in [2.75, 3.05) is 30.4 Å². The van der Waals surface area contributed by atoms with E-state index in [1.54, 1.807) is 55.5 Å². The van der Waals surface area contributed by atoms with E-state index >= 15 is 0 Å². The third-order valence-corrected chi connectivity index (χ3v) is 7.18. The summed E-state index contributed by atoms with van der Waals surface area (Å²) in [4.78, 5) is 12.8. The number of methoxy groups -OCH3 is 2. The van der Waals surface area contributed by atoms with Crippen molar-refractivity contribution in [3.8, 4) is 11.5 Å². The first-order valence-corrected chi connectivity index (χ1v) is 12.1. The molecule has 0 aliphatic carbocycles. The van der Waals surface area contributed by atoms with E-state index in [2.05, 4.69) is 27.9 Å². The van der Waals surface area contributed by atoms with E-state index in [0.29, 0.717) is 17.1 Å². The molecule has 0 fully saturated rings. The van der Waals surface area contributed by atoms with Crippen LogP contribution in [0, 0.1) is 10.5 Å². The zero-order chi connectivity index (χ0) is 23.3. The van der Waals surface area contributed by atoms with Gasteiger partial charge in [0.25, 0.3) is 10.0 Å². The van der Waals surface area contributed by atoms with Crippen molar-refractivity contribution in [1.29, 1.82) is 0 Å². The molecule has 0 saturated carbocycles. The highest BCUT2D eigenvalue weighted by atomic mass is 127. The lowest BCUT2D eigenvalue weighted by Gasteiger charge is -2.25. The first-order chi connectivity index (χ1) is 15.2. The van der Waals surface area contributed by atoms with Crippen molar-refractivity contribution in [3.05, 3.63) is 75.9 Å². The maximum absolute atomic E-state index is 13.7. The maximum Gasteiger partial charge on any atom is 0.268 e. The number of aryl methyl sites for hydroxylation is 1. The molecule has 0 aliphatic heterocycles. The third kappa shape index (κ3) is 5.52. The second-order valence-electron chi connectivity index (χ2n) is 6.92. The van der Waals surface area contributed by atoms with Crippen LogP contribution in [0.2, 0.25) is 0 Å². The molecule has 0 saturated heterocycles. The number of ether oxygens (including phenoxy) is 2. The summed E-state index contributed by atoms with van der Waals surface area (Å²) in [7, 11) is -1.20. The van der Waals surface area contributed by atoms with Gasteiger partial charge < -0.3 is 14.8 Å². The summed E-state index contributed by atoms with van der Waals surface area (Å²) in [6, 6.07) is 18.6. The summed E-state index contributed by atoms with van der Waals surface area (Å²) in [6.07, 6.45) is 0. The number of benzene rings is 3. The molecule has 1 amide bonds. The fraction of sp³-hybridized carbons (Fsp3) is 0.174. The van der Waals surface area contributed by atoms with Crippen LogP contribution < -0.4 is 19.1 Å². The van der Waals surface area contributed by atoms with Gasteiger partial charge in [0.05, 0.1) is 19.9 Å². The molecule has 7 nitrogen and oxygen atoms in total. The smallest absolute Gasteiger partial charge is 0.268 e. The van der Waals surface area contributed by atoms with Crippen LogP contribution in [0.25, 0.3) is 0 Å². The molecule has 0 bridgehead atoms. The van der Waals surface area contributed by atoms with Crippen molar-refractivity contribution < 1.29 is 22.7 Å². The molecule has 1 N–H and O–H groups in total. The Kier molecular flexibility index (Phi) is 7.62. The van der Waals surface area contributed by atoms with Crippen molar-refractivity contribution in [2.24, 2.45) is 0 Å². The number of carbonyl (C=O) groups is 1. The van der Waals surface area contributed by atoms with Crippen LogP contribution >= 0.6 is 22.6 Å². The molecular formula is C23H23IN2O5S. The van der Waals surface area contributed by atoms with E-state index in [9.17, 15) is 13.2 Å². The number of rotatable bonds is 8. The van der Waals surface area contributed by atoms with Crippen LogP contribution in [0.15, 0.2) is 71.6 Å². The summed E-state index contributed by atoms with van der Waals surface area (Å²) in [5.41, 5.74) is 1.66. The highest BCUT2D eigenvalue weighted by molar-refractivity contribution is 14.1. The summed E-state index contributed by atoms with van der Waals surface area (Å²) < 4.78 is 39.9. The summed E-state index contributed by atoms with van der Waals surface area (Å²) in [5.74, 6) is 0.298. The number of anilines is 2. The van der Waals surface area contributed by atoms with Crippen LogP contribution in [0.5, 0.6) is 11.5 Å². The van der Waals surface area contributed by atoms with Gasteiger partial charge in [-0.25, -0.2) is 8.42 Å². The van der Waals surface area contributed by atoms with E-state index in [-0.39, 0.29) is 10.6 Å². The van der Waals surface area contributed by atoms with Gasteiger partial charge in [-0.15, -0.1) is 0 Å². The first-order valence-electron chi connectivity index (χ1n) is 9.61. The number of hydrogen-bond acceptors (Lipinski definition) is 5. The monoisotopic (exact) mass is 566 g/mol. The Morgan fingerprint density at radius 2 is 1.62 bits per heavy atom. The molecule has 0 radical (unpaired) electrons. The summed E-state index contributed by atoms with van der Waals surface area (Å²) in [5, 5.41) is 2.75. The van der Waals surface area contributed by atoms with Crippen LogP contribution in [-0.2, 0) is 14.8 Å². The minimum Gasteiger partial charge on any atom is -0.497 e. The summed E-state index contributed by atoms with van der Waals surface area (Å²) >= 11 is 2.17. The number of carbonyl (C=O) groups excluding carboxylic acids is 1. The van der Waals surface area contributed by atoms with Crippen molar-refractivity contribution in [2.45, 2.75) is 11.8 Å². The number of nitrogens with zero attached hydrogens (tertiary/aromatic N) is 1. The lowest BCUT2D eigenvalue weighted by atomic mass is 10.2. The van der Waals surface area contributed by atoms with Crippen LogP contribution in [-0.4, -0.2) is 35.1 Å². The average Bonchev–Trinajstić information content (AvgIpc) is 2.79. The Morgan fingerprint density at radius 1 is 0.969 bits per heavy atom. The maximum atomic E-state index is 13.7. The van der Waals surface area contributed by atoms with Crippen molar-refractivity contribution in [3.63, 3.8) is 0 Å². The van der Waals surface area contributed by atoms with E-state index in [1.807, 2.05) is 12.1 Å².